The van der Waals surface area contributed by atoms with Gasteiger partial charge < -0.3 is 0 Å². The molecule has 0 aromatic heterocycles. The number of carbonyl (C=O) groups is 1. The van der Waals surface area contributed by atoms with Crippen molar-refractivity contribution >= 4 is 5.78 Å². The van der Waals surface area contributed by atoms with Crippen molar-refractivity contribution in [2.24, 2.45) is 52.3 Å². The molecule has 3 fully saturated rings. The summed E-state index contributed by atoms with van der Waals surface area (Å²) in [5.41, 5.74) is 0.740. The number of rotatable bonds is 5. The first-order valence-electron chi connectivity index (χ1n) is 12.5. The monoisotopic (exact) mass is 384 g/mol. The lowest BCUT2D eigenvalue weighted by molar-refractivity contribution is -0.146. The molecule has 0 spiro atoms. The molecule has 0 aromatic rings. The number of ketones is 1. The van der Waals surface area contributed by atoms with Gasteiger partial charge in [-0.05, 0) is 84.9 Å². The topological polar surface area (TPSA) is 17.1 Å². The van der Waals surface area contributed by atoms with Gasteiger partial charge in [0.05, 0.1) is 0 Å². The molecule has 1 nitrogen and oxygen atoms in total. The van der Waals surface area contributed by atoms with Gasteiger partial charge >= 0.3 is 0 Å². The second-order valence-electron chi connectivity index (χ2n) is 12.0. The van der Waals surface area contributed by atoms with E-state index < -0.39 is 0 Å². The van der Waals surface area contributed by atoms with E-state index in [1.54, 1.807) is 0 Å². The molecule has 0 aliphatic heterocycles. The Balaban J connectivity index is 1.51. The van der Waals surface area contributed by atoms with Crippen LogP contribution < -0.4 is 0 Å². The highest BCUT2D eigenvalue weighted by molar-refractivity contribution is 5.85. The first-order chi connectivity index (χ1) is 13.3. The molecule has 0 saturated heterocycles. The lowest BCUT2D eigenvalue weighted by atomic mass is 9.45. The fourth-order valence-corrected chi connectivity index (χ4v) is 8.67. The molecule has 0 bridgehead atoms. The molecule has 0 N–H and O–H groups in total. The Morgan fingerprint density at radius 2 is 1.75 bits per heavy atom. The van der Waals surface area contributed by atoms with Crippen LogP contribution in [-0.4, -0.2) is 5.78 Å². The van der Waals surface area contributed by atoms with E-state index in [2.05, 4.69) is 46.8 Å². The molecular weight excluding hydrogens is 340 g/mol. The summed E-state index contributed by atoms with van der Waals surface area (Å²) in [5, 5.41) is 0. The van der Waals surface area contributed by atoms with Gasteiger partial charge in [-0.2, -0.15) is 0 Å². The number of hydrogen-bond donors (Lipinski definition) is 0. The maximum Gasteiger partial charge on any atom is 0.140 e. The van der Waals surface area contributed by atoms with Gasteiger partial charge in [0.25, 0.3) is 0 Å². The van der Waals surface area contributed by atoms with Gasteiger partial charge in [0.2, 0.25) is 0 Å². The summed E-state index contributed by atoms with van der Waals surface area (Å²) in [6.07, 6.45) is 17.6. The Kier molecular flexibility index (Phi) is 5.60. The first kappa shape index (κ1) is 20.7. The van der Waals surface area contributed by atoms with Crippen molar-refractivity contribution in [2.45, 2.75) is 98.8 Å². The quantitative estimate of drug-likeness (QED) is 0.450. The van der Waals surface area contributed by atoms with E-state index in [9.17, 15) is 4.79 Å². The highest BCUT2D eigenvalue weighted by Crippen LogP contribution is 2.67. The summed E-state index contributed by atoms with van der Waals surface area (Å²) in [4.78, 5) is 13.2. The molecule has 4 aliphatic carbocycles. The standard InChI is InChI=1S/C27H44O/c1-18(2)9-8-10-19(3)21-12-13-22-20-17-25(28)24-11-6-7-15-26(24,4)23(20)14-16-27(21,22)5/h6,11,18-24H,7-10,12-17H2,1-5H3/t19-,20+,21-,22+,23+,24?,26-,27-/m1/s1. The predicted molar refractivity (Wildman–Crippen MR) is 118 cm³/mol. The molecule has 4 aliphatic rings. The largest absolute Gasteiger partial charge is 0.299 e. The molecule has 0 heterocycles. The van der Waals surface area contributed by atoms with E-state index in [0.29, 0.717) is 17.1 Å². The zero-order chi connectivity index (χ0) is 20.1. The minimum Gasteiger partial charge on any atom is -0.299 e. The maximum atomic E-state index is 13.2. The zero-order valence-electron chi connectivity index (χ0n) is 19.2. The van der Waals surface area contributed by atoms with Gasteiger partial charge in [0, 0.05) is 12.3 Å². The van der Waals surface area contributed by atoms with Gasteiger partial charge in [-0.15, -0.1) is 0 Å². The second kappa shape index (κ2) is 7.59. The first-order valence-corrected chi connectivity index (χ1v) is 12.5. The van der Waals surface area contributed by atoms with Crippen LogP contribution in [0.15, 0.2) is 12.2 Å². The molecule has 3 saturated carbocycles. The Hall–Kier alpha value is -0.590. The van der Waals surface area contributed by atoms with Crippen LogP contribution in [0.2, 0.25) is 0 Å². The number of hydrogen-bond acceptors (Lipinski definition) is 1. The van der Waals surface area contributed by atoms with Crippen molar-refractivity contribution in [1.82, 2.24) is 0 Å². The molecule has 8 atom stereocenters. The van der Waals surface area contributed by atoms with E-state index in [1.165, 1.54) is 57.8 Å². The third-order valence-electron chi connectivity index (χ3n) is 10.2. The van der Waals surface area contributed by atoms with Crippen LogP contribution in [-0.2, 0) is 4.79 Å². The van der Waals surface area contributed by atoms with Gasteiger partial charge in [-0.1, -0.05) is 66.0 Å². The maximum absolute atomic E-state index is 13.2. The van der Waals surface area contributed by atoms with E-state index in [-0.39, 0.29) is 11.3 Å². The fraction of sp³-hybridized carbons (Fsp3) is 0.889. The average Bonchev–Trinajstić information content (AvgIpc) is 2.99. The van der Waals surface area contributed by atoms with Crippen LogP contribution in [0.4, 0.5) is 0 Å². The van der Waals surface area contributed by atoms with Crippen LogP contribution in [0, 0.1) is 52.3 Å². The van der Waals surface area contributed by atoms with Crippen molar-refractivity contribution in [2.75, 3.05) is 0 Å². The molecule has 0 aromatic carbocycles. The third-order valence-corrected chi connectivity index (χ3v) is 10.2. The number of carbonyl (C=O) groups excluding carboxylic acids is 1. The molecule has 0 amide bonds. The highest BCUT2D eigenvalue weighted by Gasteiger charge is 2.61. The zero-order valence-corrected chi connectivity index (χ0v) is 19.2. The number of Topliss-reactive ketones (excluding diaryl/α,β-unsaturated/α-hetero) is 1. The van der Waals surface area contributed by atoms with E-state index in [4.69, 9.17) is 0 Å². The SMILES string of the molecule is CC(C)CCC[C@@H](C)[C@H]1CC[C@H]2[C@@H]3CC(=O)C4C=CCC[C@]4(C)[C@H]3CC[C@]12C. The van der Waals surface area contributed by atoms with Gasteiger partial charge in [0.15, 0.2) is 0 Å². The normalized spacial score (nSPS) is 46.2. The van der Waals surface area contributed by atoms with Gasteiger partial charge in [-0.25, -0.2) is 0 Å². The van der Waals surface area contributed by atoms with E-state index in [1.807, 2.05) is 0 Å². The second-order valence-corrected chi connectivity index (χ2v) is 12.0. The number of fused-ring (bicyclic) bond motifs is 5. The smallest absolute Gasteiger partial charge is 0.140 e. The summed E-state index contributed by atoms with van der Waals surface area (Å²) in [6.45, 7) is 12.4. The van der Waals surface area contributed by atoms with Gasteiger partial charge in [0.1, 0.15) is 5.78 Å². The molecule has 1 unspecified atom stereocenters. The summed E-state index contributed by atoms with van der Waals surface area (Å²) in [7, 11) is 0. The summed E-state index contributed by atoms with van der Waals surface area (Å²) in [5.74, 6) is 5.62. The molecule has 28 heavy (non-hydrogen) atoms. The summed E-state index contributed by atoms with van der Waals surface area (Å²) < 4.78 is 0. The Morgan fingerprint density at radius 3 is 2.50 bits per heavy atom. The molecule has 0 radical (unpaired) electrons. The number of allylic oxidation sites excluding steroid dienone is 2. The van der Waals surface area contributed by atoms with Gasteiger partial charge in [-0.3, -0.25) is 4.79 Å². The fourth-order valence-electron chi connectivity index (χ4n) is 8.67. The van der Waals surface area contributed by atoms with E-state index >= 15 is 0 Å². The van der Waals surface area contributed by atoms with E-state index in [0.717, 1.165) is 36.0 Å². The minimum absolute atomic E-state index is 0.221. The molecule has 158 valence electrons. The summed E-state index contributed by atoms with van der Waals surface area (Å²) >= 11 is 0. The van der Waals surface area contributed by atoms with Crippen LogP contribution in [0.1, 0.15) is 98.8 Å². The predicted octanol–water partition coefficient (Wildman–Crippen LogP) is 7.45. The Bertz CT molecular complexity index is 618. The van der Waals surface area contributed by atoms with Crippen molar-refractivity contribution in [3.8, 4) is 0 Å². The third kappa shape index (κ3) is 3.24. The lowest BCUT2D eigenvalue weighted by Crippen LogP contribution is -2.55. The highest BCUT2D eigenvalue weighted by atomic mass is 16.1. The Labute approximate surface area is 174 Å². The van der Waals surface area contributed by atoms with Crippen molar-refractivity contribution in [3.05, 3.63) is 12.2 Å². The Morgan fingerprint density at radius 1 is 1.00 bits per heavy atom. The van der Waals surface area contributed by atoms with Crippen LogP contribution in [0.25, 0.3) is 0 Å². The van der Waals surface area contributed by atoms with Crippen molar-refractivity contribution < 1.29 is 4.79 Å². The van der Waals surface area contributed by atoms with Crippen molar-refractivity contribution in [3.63, 3.8) is 0 Å². The molecule has 1 heteroatoms. The molecular formula is C27H44O. The lowest BCUT2D eigenvalue weighted by Gasteiger charge is -2.59. The van der Waals surface area contributed by atoms with Crippen LogP contribution in [0.5, 0.6) is 0 Å². The minimum atomic E-state index is 0.221. The summed E-state index contributed by atoms with van der Waals surface area (Å²) in [6, 6.07) is 0. The average molecular weight is 385 g/mol. The van der Waals surface area contributed by atoms with Crippen LogP contribution in [0.3, 0.4) is 0 Å². The van der Waals surface area contributed by atoms with Crippen LogP contribution >= 0.6 is 0 Å². The molecule has 4 rings (SSSR count). The van der Waals surface area contributed by atoms with Crippen molar-refractivity contribution in [1.29, 1.82) is 0 Å².